The van der Waals surface area contributed by atoms with Crippen LogP contribution in [0.2, 0.25) is 0 Å². The zero-order valence-electron chi connectivity index (χ0n) is 13.2. The van der Waals surface area contributed by atoms with E-state index in [1.54, 1.807) is 30.9 Å². The Bertz CT molecular complexity index is 654. The number of aromatic nitrogens is 2. The molecule has 0 aliphatic carbocycles. The third-order valence-electron chi connectivity index (χ3n) is 3.18. The summed E-state index contributed by atoms with van der Waals surface area (Å²) in [5.41, 5.74) is 0.907. The van der Waals surface area contributed by atoms with E-state index in [-0.39, 0.29) is 24.8 Å². The molecule has 2 rings (SSSR count). The van der Waals surface area contributed by atoms with Crippen LogP contribution in [0.4, 0.5) is 0 Å². The summed E-state index contributed by atoms with van der Waals surface area (Å²) in [6.45, 7) is 1.90. The van der Waals surface area contributed by atoms with Crippen molar-refractivity contribution in [2.45, 2.75) is 19.4 Å². The molecular formula is C16H20N4O3. The Hall–Kier alpha value is -2.83. The van der Waals surface area contributed by atoms with Crippen LogP contribution < -0.4 is 15.4 Å². The quantitative estimate of drug-likeness (QED) is 0.794. The highest BCUT2D eigenvalue weighted by Gasteiger charge is 2.16. The van der Waals surface area contributed by atoms with Crippen LogP contribution in [0.15, 0.2) is 42.6 Å². The van der Waals surface area contributed by atoms with Gasteiger partial charge in [0.25, 0.3) is 5.91 Å². The van der Waals surface area contributed by atoms with Crippen LogP contribution in [-0.2, 0) is 9.59 Å². The number of hydrogen-bond donors (Lipinski definition) is 2. The van der Waals surface area contributed by atoms with E-state index < -0.39 is 6.10 Å². The third-order valence-corrected chi connectivity index (χ3v) is 3.18. The van der Waals surface area contributed by atoms with Gasteiger partial charge in [0.1, 0.15) is 0 Å². The first-order valence-corrected chi connectivity index (χ1v) is 7.36. The lowest BCUT2D eigenvalue weighted by molar-refractivity contribution is -0.127. The van der Waals surface area contributed by atoms with E-state index in [1.807, 2.05) is 30.3 Å². The van der Waals surface area contributed by atoms with Crippen LogP contribution in [0, 0.1) is 0 Å². The van der Waals surface area contributed by atoms with Gasteiger partial charge in [-0.05, 0) is 19.1 Å². The molecule has 0 radical (unpaired) electrons. The zero-order valence-corrected chi connectivity index (χ0v) is 13.2. The first-order valence-electron chi connectivity index (χ1n) is 7.36. The fourth-order valence-corrected chi connectivity index (χ4v) is 1.90. The minimum absolute atomic E-state index is 0.125. The zero-order chi connectivity index (χ0) is 16.7. The second-order valence-electron chi connectivity index (χ2n) is 4.91. The number of carbonyl (C=O) groups excluding carboxylic acids is 2. The molecule has 0 bridgehead atoms. The largest absolute Gasteiger partial charge is 0.463 e. The van der Waals surface area contributed by atoms with Crippen molar-refractivity contribution in [2.75, 3.05) is 13.6 Å². The summed E-state index contributed by atoms with van der Waals surface area (Å²) in [5, 5.41) is 9.41. The molecule has 0 spiro atoms. The second kappa shape index (κ2) is 7.98. The van der Waals surface area contributed by atoms with E-state index >= 15 is 0 Å². The van der Waals surface area contributed by atoms with Crippen molar-refractivity contribution in [3.05, 3.63) is 42.6 Å². The number of nitrogens with zero attached hydrogens (tertiary/aromatic N) is 2. The standard InChI is InChI=1S/C16H20N4O3/c1-12(16(22)18-10-8-14(21)17-2)23-15-9-11-20(19-15)13-6-4-3-5-7-13/h3-7,9,11-12H,8,10H2,1-2H3,(H,17,21)(H,18,22). The van der Waals surface area contributed by atoms with Crippen LogP contribution in [-0.4, -0.2) is 41.3 Å². The van der Waals surface area contributed by atoms with Crippen LogP contribution in [0.1, 0.15) is 13.3 Å². The SMILES string of the molecule is CNC(=O)CCNC(=O)C(C)Oc1ccn(-c2ccccc2)n1. The summed E-state index contributed by atoms with van der Waals surface area (Å²) in [7, 11) is 1.55. The van der Waals surface area contributed by atoms with Gasteiger partial charge in [-0.2, -0.15) is 0 Å². The monoisotopic (exact) mass is 316 g/mol. The van der Waals surface area contributed by atoms with Gasteiger partial charge < -0.3 is 15.4 Å². The van der Waals surface area contributed by atoms with Crippen LogP contribution in [0.3, 0.4) is 0 Å². The smallest absolute Gasteiger partial charge is 0.260 e. The van der Waals surface area contributed by atoms with E-state index in [1.165, 1.54) is 0 Å². The summed E-state index contributed by atoms with van der Waals surface area (Å²) in [4.78, 5) is 23.0. The Morgan fingerprint density at radius 1 is 1.26 bits per heavy atom. The highest BCUT2D eigenvalue weighted by Crippen LogP contribution is 2.13. The van der Waals surface area contributed by atoms with Gasteiger partial charge in [-0.3, -0.25) is 9.59 Å². The molecule has 0 aliphatic heterocycles. The molecule has 1 aromatic carbocycles. The first-order chi connectivity index (χ1) is 11.1. The fraction of sp³-hybridized carbons (Fsp3) is 0.312. The number of ether oxygens (including phenoxy) is 1. The van der Waals surface area contributed by atoms with Gasteiger partial charge in [-0.15, -0.1) is 5.10 Å². The lowest BCUT2D eigenvalue weighted by atomic mass is 10.3. The molecule has 2 aromatic rings. The van der Waals surface area contributed by atoms with Gasteiger partial charge >= 0.3 is 0 Å². The molecule has 0 aliphatic rings. The Balaban J connectivity index is 1.85. The van der Waals surface area contributed by atoms with Crippen LogP contribution >= 0.6 is 0 Å². The van der Waals surface area contributed by atoms with E-state index in [4.69, 9.17) is 4.74 Å². The highest BCUT2D eigenvalue weighted by atomic mass is 16.5. The molecule has 2 amide bonds. The van der Waals surface area contributed by atoms with Gasteiger partial charge in [0, 0.05) is 32.3 Å². The topological polar surface area (TPSA) is 85.3 Å². The molecular weight excluding hydrogens is 296 g/mol. The first kappa shape index (κ1) is 16.5. The molecule has 1 unspecified atom stereocenters. The number of benzene rings is 1. The number of hydrogen-bond acceptors (Lipinski definition) is 4. The van der Waals surface area contributed by atoms with Crippen LogP contribution in [0.25, 0.3) is 5.69 Å². The van der Waals surface area contributed by atoms with Gasteiger partial charge in [0.15, 0.2) is 6.10 Å². The predicted octanol–water partition coefficient (Wildman–Crippen LogP) is 0.892. The molecule has 1 heterocycles. The molecule has 1 aromatic heterocycles. The van der Waals surface area contributed by atoms with E-state index in [0.29, 0.717) is 5.88 Å². The second-order valence-corrected chi connectivity index (χ2v) is 4.91. The third kappa shape index (κ3) is 4.84. The highest BCUT2D eigenvalue weighted by molar-refractivity contribution is 5.81. The lowest BCUT2D eigenvalue weighted by Crippen LogP contribution is -2.38. The molecule has 0 saturated heterocycles. The van der Waals surface area contributed by atoms with Gasteiger partial charge in [-0.1, -0.05) is 18.2 Å². The van der Waals surface area contributed by atoms with Gasteiger partial charge in [0.05, 0.1) is 5.69 Å². The van der Waals surface area contributed by atoms with Crippen molar-refractivity contribution >= 4 is 11.8 Å². The van der Waals surface area contributed by atoms with Crippen molar-refractivity contribution in [2.24, 2.45) is 0 Å². The van der Waals surface area contributed by atoms with Crippen LogP contribution in [0.5, 0.6) is 5.88 Å². The van der Waals surface area contributed by atoms with Gasteiger partial charge in [0.2, 0.25) is 11.8 Å². The summed E-state index contributed by atoms with van der Waals surface area (Å²) in [5.74, 6) is -0.0496. The van der Waals surface area contributed by atoms with Crippen molar-refractivity contribution < 1.29 is 14.3 Å². The molecule has 122 valence electrons. The maximum Gasteiger partial charge on any atom is 0.260 e. The molecule has 2 N–H and O–H groups in total. The van der Waals surface area contributed by atoms with Crippen molar-refractivity contribution in [3.63, 3.8) is 0 Å². The lowest BCUT2D eigenvalue weighted by Gasteiger charge is -2.12. The number of rotatable bonds is 7. The summed E-state index contributed by atoms with van der Waals surface area (Å²) in [6.07, 6.45) is 1.30. The van der Waals surface area contributed by atoms with Crippen molar-refractivity contribution in [3.8, 4) is 11.6 Å². The van der Waals surface area contributed by atoms with E-state index in [9.17, 15) is 9.59 Å². The molecule has 0 saturated carbocycles. The number of nitrogens with one attached hydrogen (secondary N) is 2. The maximum atomic E-state index is 11.9. The van der Waals surface area contributed by atoms with Crippen molar-refractivity contribution in [1.29, 1.82) is 0 Å². The Labute approximate surface area is 134 Å². The predicted molar refractivity (Wildman–Crippen MR) is 85.3 cm³/mol. The summed E-state index contributed by atoms with van der Waals surface area (Å²) < 4.78 is 7.19. The Kier molecular flexibility index (Phi) is 5.74. The van der Waals surface area contributed by atoms with E-state index in [2.05, 4.69) is 15.7 Å². The molecule has 0 fully saturated rings. The summed E-state index contributed by atoms with van der Waals surface area (Å²) >= 11 is 0. The average Bonchev–Trinajstić information content (AvgIpc) is 3.03. The Morgan fingerprint density at radius 3 is 2.70 bits per heavy atom. The maximum absolute atomic E-state index is 11.9. The fourth-order valence-electron chi connectivity index (χ4n) is 1.90. The number of para-hydroxylation sites is 1. The minimum atomic E-state index is -0.696. The molecule has 7 nitrogen and oxygen atoms in total. The van der Waals surface area contributed by atoms with Crippen molar-refractivity contribution in [1.82, 2.24) is 20.4 Å². The molecule has 1 atom stereocenters. The number of carbonyl (C=O) groups is 2. The molecule has 23 heavy (non-hydrogen) atoms. The Morgan fingerprint density at radius 2 is 2.00 bits per heavy atom. The molecule has 7 heteroatoms. The normalized spacial score (nSPS) is 11.6. The number of amides is 2. The minimum Gasteiger partial charge on any atom is -0.463 e. The van der Waals surface area contributed by atoms with Gasteiger partial charge in [-0.25, -0.2) is 4.68 Å². The average molecular weight is 316 g/mol. The summed E-state index contributed by atoms with van der Waals surface area (Å²) in [6, 6.07) is 11.3. The van der Waals surface area contributed by atoms with E-state index in [0.717, 1.165) is 5.69 Å².